The minimum absolute atomic E-state index is 0.0678. The van der Waals surface area contributed by atoms with Crippen LogP contribution in [0.15, 0.2) is 42.5 Å². The van der Waals surface area contributed by atoms with Crippen LogP contribution in [0.4, 0.5) is 11.4 Å². The summed E-state index contributed by atoms with van der Waals surface area (Å²) in [4.78, 5) is 23.8. The van der Waals surface area contributed by atoms with Gasteiger partial charge >= 0.3 is 0 Å². The van der Waals surface area contributed by atoms with Gasteiger partial charge in [0.25, 0.3) is 5.91 Å². The van der Waals surface area contributed by atoms with Crippen molar-refractivity contribution < 1.29 is 14.3 Å². The molecule has 5 heteroatoms. The van der Waals surface area contributed by atoms with Gasteiger partial charge in [-0.1, -0.05) is 32.0 Å². The molecule has 0 aromatic heterocycles. The second-order valence-electron chi connectivity index (χ2n) is 6.26. The molecule has 2 amide bonds. The molecule has 0 unspecified atom stereocenters. The van der Waals surface area contributed by atoms with E-state index < -0.39 is 0 Å². The van der Waals surface area contributed by atoms with E-state index >= 15 is 0 Å². The molecule has 25 heavy (non-hydrogen) atoms. The van der Waals surface area contributed by atoms with Gasteiger partial charge in [-0.25, -0.2) is 0 Å². The average Bonchev–Trinajstić information content (AvgIpc) is 2.56. The van der Waals surface area contributed by atoms with E-state index in [0.29, 0.717) is 17.1 Å². The second-order valence-corrected chi connectivity index (χ2v) is 6.26. The Morgan fingerprint density at radius 3 is 2.32 bits per heavy atom. The number of benzene rings is 2. The molecule has 0 aliphatic heterocycles. The van der Waals surface area contributed by atoms with Gasteiger partial charge in [0.15, 0.2) is 6.61 Å². The maximum Gasteiger partial charge on any atom is 0.262 e. The highest BCUT2D eigenvalue weighted by Gasteiger charge is 2.09. The molecule has 2 rings (SSSR count). The average molecular weight is 340 g/mol. The van der Waals surface area contributed by atoms with Crippen molar-refractivity contribution >= 4 is 23.2 Å². The number of nitrogens with one attached hydrogen (secondary N) is 2. The molecule has 0 saturated carbocycles. The molecule has 0 spiro atoms. The maximum atomic E-state index is 12.1. The third-order valence-corrected chi connectivity index (χ3v) is 3.85. The maximum absolute atomic E-state index is 12.1. The molecule has 0 aliphatic rings. The van der Waals surface area contributed by atoms with Gasteiger partial charge in [0.05, 0.1) is 0 Å². The summed E-state index contributed by atoms with van der Waals surface area (Å²) >= 11 is 0. The van der Waals surface area contributed by atoms with Crippen LogP contribution in [0.1, 0.15) is 25.0 Å². The first kappa shape index (κ1) is 18.5. The number of carbonyl (C=O) groups is 2. The highest BCUT2D eigenvalue weighted by atomic mass is 16.5. The summed E-state index contributed by atoms with van der Waals surface area (Å²) in [7, 11) is 0. The zero-order valence-corrected chi connectivity index (χ0v) is 15.1. The largest absolute Gasteiger partial charge is 0.483 e. The molecule has 2 aromatic rings. The molecule has 2 N–H and O–H groups in total. The Bertz CT molecular complexity index is 769. The Kier molecular flexibility index (Phi) is 6.17. The van der Waals surface area contributed by atoms with Gasteiger partial charge in [-0.05, 0) is 49.2 Å². The number of anilines is 2. The Hall–Kier alpha value is -2.82. The Balaban J connectivity index is 1.94. The lowest BCUT2D eigenvalue weighted by atomic mass is 10.1. The van der Waals surface area contributed by atoms with Crippen LogP contribution < -0.4 is 15.4 Å². The lowest BCUT2D eigenvalue weighted by Crippen LogP contribution is -2.21. The third kappa shape index (κ3) is 5.35. The SMILES string of the molecule is Cc1cccc(OCC(=O)Nc2cccc(NC(=O)C(C)C)c2)c1C. The number of carbonyl (C=O) groups excluding carboxylic acids is 2. The van der Waals surface area contributed by atoms with Gasteiger partial charge in [0.2, 0.25) is 5.91 Å². The molecule has 0 saturated heterocycles. The van der Waals surface area contributed by atoms with Crippen molar-refractivity contribution in [1.29, 1.82) is 0 Å². The zero-order valence-electron chi connectivity index (χ0n) is 15.1. The number of hydrogen-bond acceptors (Lipinski definition) is 3. The highest BCUT2D eigenvalue weighted by Crippen LogP contribution is 2.21. The van der Waals surface area contributed by atoms with Gasteiger partial charge in [-0.15, -0.1) is 0 Å². The van der Waals surface area contributed by atoms with E-state index in [2.05, 4.69) is 10.6 Å². The Morgan fingerprint density at radius 1 is 1.00 bits per heavy atom. The molecule has 5 nitrogen and oxygen atoms in total. The van der Waals surface area contributed by atoms with Crippen LogP contribution in [0.25, 0.3) is 0 Å². The summed E-state index contributed by atoms with van der Waals surface area (Å²) in [6, 6.07) is 12.8. The van der Waals surface area contributed by atoms with Gasteiger partial charge in [0.1, 0.15) is 5.75 Å². The molecule has 0 bridgehead atoms. The van der Waals surface area contributed by atoms with Crippen molar-refractivity contribution in [2.45, 2.75) is 27.7 Å². The minimum Gasteiger partial charge on any atom is -0.483 e. The van der Waals surface area contributed by atoms with E-state index in [0.717, 1.165) is 11.1 Å². The van der Waals surface area contributed by atoms with Crippen molar-refractivity contribution in [2.24, 2.45) is 5.92 Å². The van der Waals surface area contributed by atoms with Crippen LogP contribution in [0, 0.1) is 19.8 Å². The molecular weight excluding hydrogens is 316 g/mol. The lowest BCUT2D eigenvalue weighted by molar-refractivity contribution is -0.119. The van der Waals surface area contributed by atoms with E-state index in [9.17, 15) is 9.59 Å². The molecular formula is C20H24N2O3. The molecule has 0 radical (unpaired) electrons. The van der Waals surface area contributed by atoms with E-state index in [1.54, 1.807) is 24.3 Å². The zero-order chi connectivity index (χ0) is 18.4. The molecule has 0 heterocycles. The molecule has 0 aliphatic carbocycles. The van der Waals surface area contributed by atoms with Crippen molar-refractivity contribution in [3.05, 3.63) is 53.6 Å². The van der Waals surface area contributed by atoms with E-state index in [1.165, 1.54) is 0 Å². The van der Waals surface area contributed by atoms with Gasteiger partial charge in [0, 0.05) is 17.3 Å². The number of amides is 2. The quantitative estimate of drug-likeness (QED) is 0.837. The molecule has 0 fully saturated rings. The first-order valence-corrected chi connectivity index (χ1v) is 8.26. The topological polar surface area (TPSA) is 67.4 Å². The Labute approximate surface area is 148 Å². The number of ether oxygens (including phenoxy) is 1. The smallest absolute Gasteiger partial charge is 0.262 e. The monoisotopic (exact) mass is 340 g/mol. The van der Waals surface area contributed by atoms with Crippen molar-refractivity contribution in [1.82, 2.24) is 0 Å². The minimum atomic E-state index is -0.256. The predicted octanol–water partition coefficient (Wildman–Crippen LogP) is 3.92. The van der Waals surface area contributed by atoms with Gasteiger partial charge in [-0.3, -0.25) is 9.59 Å². The second kappa shape index (κ2) is 8.33. The van der Waals surface area contributed by atoms with E-state index in [-0.39, 0.29) is 24.3 Å². The summed E-state index contributed by atoms with van der Waals surface area (Å²) in [5, 5.41) is 5.58. The number of aryl methyl sites for hydroxylation is 1. The van der Waals surface area contributed by atoms with Crippen molar-refractivity contribution in [3.63, 3.8) is 0 Å². The predicted molar refractivity (Wildman–Crippen MR) is 100.0 cm³/mol. The van der Waals surface area contributed by atoms with Gasteiger partial charge < -0.3 is 15.4 Å². The molecule has 2 aromatic carbocycles. The molecule has 0 atom stereocenters. The fourth-order valence-electron chi connectivity index (χ4n) is 2.18. The number of hydrogen-bond donors (Lipinski definition) is 2. The highest BCUT2D eigenvalue weighted by molar-refractivity contribution is 5.95. The van der Waals surface area contributed by atoms with Crippen molar-refractivity contribution in [3.8, 4) is 5.75 Å². The van der Waals surface area contributed by atoms with Crippen molar-refractivity contribution in [2.75, 3.05) is 17.2 Å². The van der Waals surface area contributed by atoms with Crippen LogP contribution >= 0.6 is 0 Å². The summed E-state index contributed by atoms with van der Waals surface area (Å²) in [6.45, 7) is 7.53. The standard InChI is InChI=1S/C20H24N2O3/c1-13(2)20(24)22-17-9-6-8-16(11-17)21-19(23)12-25-18-10-5-7-14(3)15(18)4/h5-11,13H,12H2,1-4H3,(H,21,23)(H,22,24). The summed E-state index contributed by atoms with van der Waals surface area (Å²) in [5.41, 5.74) is 3.39. The summed E-state index contributed by atoms with van der Waals surface area (Å²) < 4.78 is 5.60. The normalized spacial score (nSPS) is 10.4. The molecule has 132 valence electrons. The van der Waals surface area contributed by atoms with Crippen LogP contribution in [0.3, 0.4) is 0 Å². The third-order valence-electron chi connectivity index (χ3n) is 3.85. The first-order valence-electron chi connectivity index (χ1n) is 8.26. The van der Waals surface area contributed by atoms with Crippen LogP contribution in [0.5, 0.6) is 5.75 Å². The van der Waals surface area contributed by atoms with Crippen LogP contribution in [-0.2, 0) is 9.59 Å². The lowest BCUT2D eigenvalue weighted by Gasteiger charge is -2.12. The summed E-state index contributed by atoms with van der Waals surface area (Å²) in [6.07, 6.45) is 0. The fraction of sp³-hybridized carbons (Fsp3) is 0.300. The van der Waals surface area contributed by atoms with Crippen LogP contribution in [-0.4, -0.2) is 18.4 Å². The van der Waals surface area contributed by atoms with Crippen LogP contribution in [0.2, 0.25) is 0 Å². The Morgan fingerprint density at radius 2 is 1.64 bits per heavy atom. The van der Waals surface area contributed by atoms with Gasteiger partial charge in [-0.2, -0.15) is 0 Å². The summed E-state index contributed by atoms with van der Waals surface area (Å²) in [5.74, 6) is 0.271. The fourth-order valence-corrected chi connectivity index (χ4v) is 2.18. The van der Waals surface area contributed by atoms with E-state index in [1.807, 2.05) is 45.9 Å². The first-order chi connectivity index (χ1) is 11.9. The van der Waals surface area contributed by atoms with E-state index in [4.69, 9.17) is 4.74 Å². The number of rotatable bonds is 6.